The van der Waals surface area contributed by atoms with Crippen LogP contribution in [0.5, 0.6) is 0 Å². The molecule has 0 N–H and O–H groups in total. The van der Waals surface area contributed by atoms with E-state index < -0.39 is 0 Å². The summed E-state index contributed by atoms with van der Waals surface area (Å²) in [5, 5.41) is 23.9. The molecule has 0 spiro atoms. The highest BCUT2D eigenvalue weighted by Gasteiger charge is 2.27. The minimum absolute atomic E-state index is 0.556. The first-order valence-electron chi connectivity index (χ1n) is 45.8. The van der Waals surface area contributed by atoms with Gasteiger partial charge in [0.15, 0.2) is 23.3 Å². The zero-order valence-corrected chi connectivity index (χ0v) is 72.6. The van der Waals surface area contributed by atoms with Crippen molar-refractivity contribution in [2.24, 2.45) is 0 Å². The lowest BCUT2D eigenvalue weighted by atomic mass is 9.94. The Bertz CT molecular complexity index is 9730. The lowest BCUT2D eigenvalue weighted by Gasteiger charge is -2.13. The first-order valence-corrected chi connectivity index (χ1v) is 45.8. The Balaban J connectivity index is 0.000000135. The summed E-state index contributed by atoms with van der Waals surface area (Å²) in [5.41, 5.74) is 25.8. The van der Waals surface area contributed by atoms with Crippen molar-refractivity contribution in [1.82, 2.24) is 48.2 Å². The van der Waals surface area contributed by atoms with Gasteiger partial charge in [0.2, 0.25) is 11.9 Å². The molecule has 11 nitrogen and oxygen atoms in total. The third-order valence-corrected chi connectivity index (χ3v) is 27.6. The number of hydrogen-bond donors (Lipinski definition) is 0. The Morgan fingerprint density at radius 1 is 0.156 bits per heavy atom. The van der Waals surface area contributed by atoms with Gasteiger partial charge in [-0.1, -0.05) is 328 Å². The summed E-state index contributed by atoms with van der Waals surface area (Å²) in [4.78, 5) is 31.7. The first kappa shape index (κ1) is 75.6. The molecular weight excluding hydrogens is 1650 g/mol. The fraction of sp³-hybridized carbons (Fsp3) is 0. The minimum Gasteiger partial charge on any atom is -0.456 e. The summed E-state index contributed by atoms with van der Waals surface area (Å²) < 4.78 is 15.5. The van der Waals surface area contributed by atoms with Gasteiger partial charge in [-0.05, 0) is 220 Å². The molecule has 0 aliphatic carbocycles. The third kappa shape index (κ3) is 12.2. The van der Waals surface area contributed by atoms with E-state index in [4.69, 9.17) is 34.3 Å². The highest BCUT2D eigenvalue weighted by Crippen LogP contribution is 2.49. The van der Waals surface area contributed by atoms with Crippen LogP contribution in [0.15, 0.2) is 453 Å². The number of fused-ring (bicyclic) bond motifs is 12. The van der Waals surface area contributed by atoms with Gasteiger partial charge in [0.1, 0.15) is 11.2 Å². The molecule has 22 aromatic carbocycles. The molecule has 0 radical (unpaired) electrons. The molecule has 0 bridgehead atoms. The van der Waals surface area contributed by atoms with E-state index in [0.717, 1.165) is 143 Å². The fourth-order valence-electron chi connectivity index (χ4n) is 21.4. The fourth-order valence-corrected chi connectivity index (χ4v) is 21.4. The Morgan fingerprint density at radius 3 is 1.00 bits per heavy atom. The standard InChI is InChI=1S/C65H39N5O.C59H35N5/c1-3-14-40(15-4-1)43-19-11-21-46(36-43)63-66-64(47-22-12-20-44(37-47)41-16-5-2-6-17-41)68-65(67-63)70-55-25-9-7-23-50(55)53-38-45(29-33-56(53)70)49-32-34-58-62-52(49)31-28-42-18-13-26-57(61(42)62)69(58)48-30-35-60-54(39-48)51-24-8-10-27-59(51)71-60;1-4-13-40-32-44(22-20-36(40)10-1)57-60-58(45-23-21-37-11-2-5-14-41(37)33-45)62-59(61-57)64-51-18-8-7-17-48(51)50-35-43(26-30-52(50)64)47-29-31-54-56-49(47)28-25-39-16-9-19-53(55(39)56)63(54)46-27-24-38-12-3-6-15-42(38)34-46/h1-39H;1-35H. The maximum Gasteiger partial charge on any atom is 0.238 e. The third-order valence-electron chi connectivity index (χ3n) is 27.6. The summed E-state index contributed by atoms with van der Waals surface area (Å²) >= 11 is 0. The van der Waals surface area contributed by atoms with Gasteiger partial charge in [-0.15, -0.1) is 0 Å². The van der Waals surface area contributed by atoms with Crippen LogP contribution in [0.3, 0.4) is 0 Å². The molecule has 0 unspecified atom stereocenters. The zero-order chi connectivity index (χ0) is 88.5. The van der Waals surface area contributed by atoms with E-state index in [1.807, 2.05) is 24.3 Å². The number of nitrogens with zero attached hydrogens (tertiary/aromatic N) is 10. The van der Waals surface area contributed by atoms with Gasteiger partial charge < -0.3 is 13.6 Å². The lowest BCUT2D eigenvalue weighted by Crippen LogP contribution is -2.06. The molecule has 0 saturated heterocycles. The average molecular weight is 1720 g/mol. The molecule has 0 aliphatic heterocycles. The predicted molar refractivity (Wildman–Crippen MR) is 558 cm³/mol. The van der Waals surface area contributed by atoms with Crippen molar-refractivity contribution < 1.29 is 4.42 Å². The molecule has 29 aromatic rings. The number of hydrogen-bond acceptors (Lipinski definition) is 7. The van der Waals surface area contributed by atoms with Gasteiger partial charge >= 0.3 is 0 Å². The Kier molecular flexibility index (Phi) is 16.9. The topological polar surface area (TPSA) is 110 Å². The molecule has 0 saturated carbocycles. The van der Waals surface area contributed by atoms with Crippen LogP contribution in [-0.4, -0.2) is 48.2 Å². The second-order valence-electron chi connectivity index (χ2n) is 35.2. The number of benzene rings is 22. The van der Waals surface area contributed by atoms with Crippen LogP contribution < -0.4 is 0 Å². The van der Waals surface area contributed by atoms with Crippen LogP contribution in [0, 0.1) is 0 Å². The van der Waals surface area contributed by atoms with Crippen LogP contribution in [0.1, 0.15) is 0 Å². The van der Waals surface area contributed by atoms with Gasteiger partial charge in [-0.3, -0.25) is 9.13 Å². The molecule has 7 aromatic heterocycles. The van der Waals surface area contributed by atoms with E-state index in [1.165, 1.54) is 97.8 Å². The maximum absolute atomic E-state index is 6.25. The van der Waals surface area contributed by atoms with Gasteiger partial charge in [0.25, 0.3) is 0 Å². The second-order valence-corrected chi connectivity index (χ2v) is 35.2. The molecule has 7 heterocycles. The monoisotopic (exact) mass is 1720 g/mol. The van der Waals surface area contributed by atoms with Gasteiger partial charge in [0, 0.05) is 87.5 Å². The average Bonchev–Trinajstić information content (AvgIpc) is 1.59. The van der Waals surface area contributed by atoms with Crippen molar-refractivity contribution in [3.8, 4) is 113 Å². The summed E-state index contributed by atoms with van der Waals surface area (Å²) in [6, 6.07) is 160. The molecular formula is C124H74N10O. The number of aromatic nitrogens is 10. The summed E-state index contributed by atoms with van der Waals surface area (Å²) in [7, 11) is 0. The van der Waals surface area contributed by atoms with Crippen molar-refractivity contribution >= 4 is 163 Å². The van der Waals surface area contributed by atoms with E-state index in [2.05, 4.69) is 443 Å². The zero-order valence-electron chi connectivity index (χ0n) is 72.6. The highest BCUT2D eigenvalue weighted by atomic mass is 16.3. The van der Waals surface area contributed by atoms with Crippen LogP contribution in [-0.2, 0) is 0 Å². The maximum atomic E-state index is 6.25. The second kappa shape index (κ2) is 30.1. The van der Waals surface area contributed by atoms with Gasteiger partial charge in [-0.25, -0.2) is 9.97 Å². The van der Waals surface area contributed by atoms with E-state index in [-0.39, 0.29) is 0 Å². The summed E-state index contributed by atoms with van der Waals surface area (Å²) in [6.45, 7) is 0. The van der Waals surface area contributed by atoms with Crippen molar-refractivity contribution in [2.75, 3.05) is 0 Å². The number of para-hydroxylation sites is 3. The van der Waals surface area contributed by atoms with Crippen LogP contribution in [0.2, 0.25) is 0 Å². The summed E-state index contributed by atoms with van der Waals surface area (Å²) in [5.74, 6) is 3.59. The summed E-state index contributed by atoms with van der Waals surface area (Å²) in [6.07, 6.45) is 0. The molecule has 0 aliphatic rings. The van der Waals surface area contributed by atoms with E-state index in [0.29, 0.717) is 35.2 Å². The van der Waals surface area contributed by atoms with Crippen LogP contribution >= 0.6 is 0 Å². The predicted octanol–water partition coefficient (Wildman–Crippen LogP) is 32.0. The normalized spacial score (nSPS) is 12.0. The van der Waals surface area contributed by atoms with E-state index in [9.17, 15) is 0 Å². The largest absolute Gasteiger partial charge is 0.456 e. The molecule has 0 fully saturated rings. The number of furan rings is 1. The van der Waals surface area contributed by atoms with E-state index >= 15 is 0 Å². The Labute approximate surface area is 772 Å². The molecule has 135 heavy (non-hydrogen) atoms. The molecule has 0 atom stereocenters. The lowest BCUT2D eigenvalue weighted by molar-refractivity contribution is 0.669. The molecule has 626 valence electrons. The smallest absolute Gasteiger partial charge is 0.238 e. The highest BCUT2D eigenvalue weighted by molar-refractivity contribution is 6.29. The van der Waals surface area contributed by atoms with Gasteiger partial charge in [-0.2, -0.15) is 19.9 Å². The SMILES string of the molecule is c1ccc(-c2cccc(-c3nc(-c4cccc(-c5ccccc5)c4)nc(-n4c5ccccc5c5cc(-c6ccc7c8c6ccc6cccc(c68)n7-c6ccc7oc8ccccc8c7c6)ccc54)n3)c2)cc1.c1ccc2cc(-c3nc(-c4ccc5ccccc5c4)nc(-n4c5ccccc5c5cc(-c6ccc7c8c6ccc6cccc(c68)n7-c6ccc7ccccc7c6)ccc54)n3)ccc2c1. The number of rotatable bonds is 12. The molecule has 29 rings (SSSR count). The van der Waals surface area contributed by atoms with Crippen molar-refractivity contribution in [2.45, 2.75) is 0 Å². The Morgan fingerprint density at radius 2 is 0.496 bits per heavy atom. The van der Waals surface area contributed by atoms with Crippen LogP contribution in [0.25, 0.3) is 276 Å². The van der Waals surface area contributed by atoms with Crippen molar-refractivity contribution in [1.29, 1.82) is 0 Å². The van der Waals surface area contributed by atoms with Crippen molar-refractivity contribution in [3.63, 3.8) is 0 Å². The molecule has 0 amide bonds. The van der Waals surface area contributed by atoms with E-state index in [1.54, 1.807) is 0 Å². The van der Waals surface area contributed by atoms with Crippen molar-refractivity contribution in [3.05, 3.63) is 449 Å². The minimum atomic E-state index is 0.556. The quantitative estimate of drug-likeness (QED) is 0.112. The molecule has 11 heteroatoms. The Hall–Kier alpha value is -18.3. The van der Waals surface area contributed by atoms with Gasteiger partial charge in [0.05, 0.1) is 44.1 Å². The van der Waals surface area contributed by atoms with Crippen LogP contribution in [0.4, 0.5) is 0 Å². The first-order chi connectivity index (χ1) is 66.9.